The second-order valence-electron chi connectivity index (χ2n) is 9.94. The molecule has 2 heterocycles. The van der Waals surface area contributed by atoms with Crippen molar-refractivity contribution < 1.29 is 14.7 Å². The number of aryl methyl sites for hydroxylation is 2. The van der Waals surface area contributed by atoms with Crippen molar-refractivity contribution in [1.29, 1.82) is 0 Å². The molecule has 1 aromatic heterocycles. The number of hydrogen-bond donors (Lipinski definition) is 1. The van der Waals surface area contributed by atoms with Gasteiger partial charge in [-0.3, -0.25) is 14.5 Å². The first-order valence-electron chi connectivity index (χ1n) is 13.0. The largest absolute Gasteiger partial charge is 0.507 e. The van der Waals surface area contributed by atoms with Crippen LogP contribution in [0.2, 0.25) is 10.0 Å². The first kappa shape index (κ1) is 28.4. The van der Waals surface area contributed by atoms with Gasteiger partial charge in [0, 0.05) is 11.3 Å². The number of carbonyl (C=O) groups is 2. The van der Waals surface area contributed by atoms with Crippen molar-refractivity contribution in [3.63, 3.8) is 0 Å². The molecular weight excluding hydrogens is 609 g/mol. The molecule has 10 heteroatoms. The summed E-state index contributed by atoms with van der Waals surface area (Å²) in [6.45, 7) is 3.73. The summed E-state index contributed by atoms with van der Waals surface area (Å²) in [6, 6.07) is 23.8. The highest BCUT2D eigenvalue weighted by molar-refractivity contribution is 8.00. The van der Waals surface area contributed by atoms with Crippen LogP contribution in [0.5, 0.6) is 0 Å². The summed E-state index contributed by atoms with van der Waals surface area (Å²) in [7, 11) is 0. The van der Waals surface area contributed by atoms with E-state index in [1.165, 1.54) is 28.0 Å². The maximum absolute atomic E-state index is 13.6. The predicted molar refractivity (Wildman–Crippen MR) is 171 cm³/mol. The molecule has 6 rings (SSSR count). The van der Waals surface area contributed by atoms with Crippen LogP contribution in [-0.2, 0) is 15.3 Å². The molecule has 0 bridgehead atoms. The number of benzene rings is 4. The highest BCUT2D eigenvalue weighted by Crippen LogP contribution is 2.45. The Bertz CT molecular complexity index is 1920. The summed E-state index contributed by atoms with van der Waals surface area (Å²) in [5, 5.41) is 23.3. The van der Waals surface area contributed by atoms with E-state index in [0.29, 0.717) is 26.2 Å². The summed E-state index contributed by atoms with van der Waals surface area (Å²) < 4.78 is 0.641. The molecule has 210 valence electrons. The maximum Gasteiger partial charge on any atom is 0.301 e. The van der Waals surface area contributed by atoms with E-state index in [4.69, 9.17) is 23.2 Å². The Labute approximate surface area is 260 Å². The number of aliphatic hydroxyl groups excluding tert-OH is 1. The zero-order valence-corrected chi connectivity index (χ0v) is 25.6. The van der Waals surface area contributed by atoms with Gasteiger partial charge in [-0.15, -0.1) is 10.2 Å². The van der Waals surface area contributed by atoms with Crippen molar-refractivity contribution in [3.8, 4) is 0 Å². The van der Waals surface area contributed by atoms with Crippen LogP contribution in [0.1, 0.15) is 33.9 Å². The van der Waals surface area contributed by atoms with Crippen LogP contribution in [0.3, 0.4) is 0 Å². The Hall–Kier alpha value is -3.69. The number of Topliss-reactive ketones (excluding diaryl/α,β-unsaturated/α-hetero) is 1. The molecule has 1 atom stereocenters. The third-order valence-electron chi connectivity index (χ3n) is 7.18. The standard InChI is InChI=1S/C32H23Cl2N3O3S2/c1-17-10-11-18(2)23(14-17)28(38)26-27(20-12-13-24(33)25(34)15-20)37(30(40)29(26)39)31-35-36-32(42-31)41-16-21-8-5-7-19-6-3-4-9-22(19)21/h3-15,27,38H,16H2,1-2H3/b28-26+. The molecule has 1 fully saturated rings. The average Bonchev–Trinajstić information content (AvgIpc) is 3.56. The quantitative estimate of drug-likeness (QED) is 0.0664. The summed E-state index contributed by atoms with van der Waals surface area (Å²) in [5.41, 5.74) is 3.75. The highest BCUT2D eigenvalue weighted by atomic mass is 35.5. The lowest BCUT2D eigenvalue weighted by atomic mass is 9.93. The van der Waals surface area contributed by atoms with Gasteiger partial charge in [0.2, 0.25) is 5.13 Å². The Kier molecular flexibility index (Phi) is 7.81. The lowest BCUT2D eigenvalue weighted by Gasteiger charge is -2.23. The molecule has 0 saturated carbocycles. The number of rotatable bonds is 6. The van der Waals surface area contributed by atoms with E-state index in [1.54, 1.807) is 24.3 Å². The first-order valence-corrected chi connectivity index (χ1v) is 15.5. The van der Waals surface area contributed by atoms with Crippen LogP contribution in [0.15, 0.2) is 88.8 Å². The van der Waals surface area contributed by atoms with Crippen LogP contribution >= 0.6 is 46.3 Å². The minimum absolute atomic E-state index is 0.0488. The van der Waals surface area contributed by atoms with E-state index in [1.807, 2.05) is 44.2 Å². The van der Waals surface area contributed by atoms with E-state index < -0.39 is 17.7 Å². The highest BCUT2D eigenvalue weighted by Gasteiger charge is 2.48. The number of carbonyl (C=O) groups excluding carboxylic acids is 2. The van der Waals surface area contributed by atoms with Crippen LogP contribution < -0.4 is 4.90 Å². The summed E-state index contributed by atoms with van der Waals surface area (Å²) in [6.07, 6.45) is 0. The first-order chi connectivity index (χ1) is 20.2. The summed E-state index contributed by atoms with van der Waals surface area (Å²) >= 11 is 15.3. The van der Waals surface area contributed by atoms with Crippen molar-refractivity contribution in [1.82, 2.24) is 10.2 Å². The minimum Gasteiger partial charge on any atom is -0.507 e. The van der Waals surface area contributed by atoms with Gasteiger partial charge in [-0.25, -0.2) is 0 Å². The zero-order valence-electron chi connectivity index (χ0n) is 22.5. The van der Waals surface area contributed by atoms with Crippen molar-refractivity contribution in [3.05, 3.63) is 122 Å². The van der Waals surface area contributed by atoms with Crippen molar-refractivity contribution in [2.24, 2.45) is 0 Å². The van der Waals surface area contributed by atoms with Gasteiger partial charge in [-0.05, 0) is 59.5 Å². The number of halogens is 2. The number of aliphatic hydroxyl groups is 1. The molecule has 1 saturated heterocycles. The molecule has 1 amide bonds. The van der Waals surface area contributed by atoms with Crippen molar-refractivity contribution in [2.75, 3.05) is 4.90 Å². The van der Waals surface area contributed by atoms with Gasteiger partial charge in [0.05, 0.1) is 21.7 Å². The maximum atomic E-state index is 13.6. The number of nitrogens with zero attached hydrogens (tertiary/aromatic N) is 3. The van der Waals surface area contributed by atoms with Crippen LogP contribution in [0, 0.1) is 13.8 Å². The third-order valence-corrected chi connectivity index (χ3v) is 10.0. The number of amides is 1. The minimum atomic E-state index is -0.983. The summed E-state index contributed by atoms with van der Waals surface area (Å²) in [5.74, 6) is -1.23. The SMILES string of the molecule is Cc1ccc(C)c(/C(O)=C2\C(=O)C(=O)N(c3nnc(SCc4cccc5ccccc45)s3)C2c2ccc(Cl)c(Cl)c2)c1. The molecule has 5 aromatic rings. The van der Waals surface area contributed by atoms with Gasteiger partial charge >= 0.3 is 5.91 Å². The molecular formula is C32H23Cl2N3O3S2. The fourth-order valence-corrected chi connectivity index (χ4v) is 7.26. The molecule has 4 aromatic carbocycles. The molecule has 1 unspecified atom stereocenters. The Morgan fingerprint density at radius 2 is 1.74 bits per heavy atom. The molecule has 1 aliphatic rings. The van der Waals surface area contributed by atoms with E-state index in [9.17, 15) is 14.7 Å². The monoisotopic (exact) mass is 631 g/mol. The van der Waals surface area contributed by atoms with Crippen molar-refractivity contribution >= 4 is 79.7 Å². The topological polar surface area (TPSA) is 83.4 Å². The fourth-order valence-electron chi connectivity index (χ4n) is 5.08. The molecule has 0 spiro atoms. The number of thioether (sulfide) groups is 1. The van der Waals surface area contributed by atoms with E-state index in [-0.39, 0.29) is 21.5 Å². The summed E-state index contributed by atoms with van der Waals surface area (Å²) in [4.78, 5) is 28.4. The Morgan fingerprint density at radius 3 is 2.55 bits per heavy atom. The second-order valence-corrected chi connectivity index (χ2v) is 12.9. The van der Waals surface area contributed by atoms with Crippen LogP contribution in [-0.4, -0.2) is 27.0 Å². The van der Waals surface area contributed by atoms with Gasteiger partial charge in [-0.2, -0.15) is 0 Å². The molecule has 1 aliphatic heterocycles. The van der Waals surface area contributed by atoms with Crippen LogP contribution in [0.4, 0.5) is 5.13 Å². The zero-order chi connectivity index (χ0) is 29.5. The van der Waals surface area contributed by atoms with E-state index in [2.05, 4.69) is 34.5 Å². The van der Waals surface area contributed by atoms with Crippen molar-refractivity contribution in [2.45, 2.75) is 30.0 Å². The van der Waals surface area contributed by atoms with Gasteiger partial charge < -0.3 is 5.11 Å². The fraction of sp³-hybridized carbons (Fsp3) is 0.125. The Morgan fingerprint density at radius 1 is 0.952 bits per heavy atom. The molecule has 6 nitrogen and oxygen atoms in total. The van der Waals surface area contributed by atoms with Crippen LogP contribution in [0.25, 0.3) is 16.5 Å². The average molecular weight is 633 g/mol. The second kappa shape index (κ2) is 11.5. The lowest BCUT2D eigenvalue weighted by molar-refractivity contribution is -0.132. The van der Waals surface area contributed by atoms with E-state index >= 15 is 0 Å². The number of anilines is 1. The molecule has 42 heavy (non-hydrogen) atoms. The smallest absolute Gasteiger partial charge is 0.301 e. The van der Waals surface area contributed by atoms with Gasteiger partial charge in [0.15, 0.2) is 4.34 Å². The van der Waals surface area contributed by atoms with Gasteiger partial charge in [0.1, 0.15) is 5.76 Å². The predicted octanol–water partition coefficient (Wildman–Crippen LogP) is 8.53. The lowest BCUT2D eigenvalue weighted by Crippen LogP contribution is -2.29. The molecule has 1 N–H and O–H groups in total. The number of fused-ring (bicyclic) bond motifs is 1. The van der Waals surface area contributed by atoms with Gasteiger partial charge in [0.25, 0.3) is 5.78 Å². The molecule has 0 radical (unpaired) electrons. The number of hydrogen-bond acceptors (Lipinski definition) is 7. The molecule has 0 aliphatic carbocycles. The van der Waals surface area contributed by atoms with Gasteiger partial charge in [-0.1, -0.05) is 113 Å². The normalized spacial score (nSPS) is 16.5. The number of aromatic nitrogens is 2. The third kappa shape index (κ3) is 5.20. The Balaban J connectivity index is 1.40. The number of ketones is 1. The van der Waals surface area contributed by atoms with E-state index in [0.717, 1.165) is 27.5 Å².